The van der Waals surface area contributed by atoms with Crippen LogP contribution in [0.4, 0.5) is 0 Å². The molecular formula is C15H25N3O4. The number of hydrogen-bond donors (Lipinski definition) is 0. The molecule has 2 heterocycles. The quantitative estimate of drug-likeness (QED) is 0.667. The SMILES string of the molecule is CC(=O)N1CCCN(C(=O)[C@@]2(C)CN(C(C)=O)CCO2)CC1. The lowest BCUT2D eigenvalue weighted by molar-refractivity contribution is -0.170. The van der Waals surface area contributed by atoms with Crippen LogP contribution in [0.5, 0.6) is 0 Å². The van der Waals surface area contributed by atoms with Crippen LogP contribution in [0.3, 0.4) is 0 Å². The van der Waals surface area contributed by atoms with Crippen molar-refractivity contribution in [3.63, 3.8) is 0 Å². The van der Waals surface area contributed by atoms with Crippen molar-refractivity contribution in [3.05, 3.63) is 0 Å². The summed E-state index contributed by atoms with van der Waals surface area (Å²) in [5.41, 5.74) is -0.991. The average molecular weight is 311 g/mol. The Labute approximate surface area is 131 Å². The molecule has 0 aromatic heterocycles. The van der Waals surface area contributed by atoms with Crippen LogP contribution >= 0.6 is 0 Å². The van der Waals surface area contributed by atoms with Crippen LogP contribution in [-0.4, -0.2) is 83.9 Å². The molecular weight excluding hydrogens is 286 g/mol. The molecule has 22 heavy (non-hydrogen) atoms. The first-order valence-corrected chi connectivity index (χ1v) is 7.78. The first kappa shape index (κ1) is 16.7. The molecule has 0 N–H and O–H groups in total. The van der Waals surface area contributed by atoms with E-state index < -0.39 is 5.60 Å². The highest BCUT2D eigenvalue weighted by Gasteiger charge is 2.42. The van der Waals surface area contributed by atoms with Gasteiger partial charge in [0.05, 0.1) is 13.2 Å². The minimum atomic E-state index is -0.991. The summed E-state index contributed by atoms with van der Waals surface area (Å²) in [4.78, 5) is 41.0. The van der Waals surface area contributed by atoms with Gasteiger partial charge in [-0.1, -0.05) is 0 Å². The number of nitrogens with zero attached hydrogens (tertiary/aromatic N) is 3. The molecule has 0 bridgehead atoms. The smallest absolute Gasteiger partial charge is 0.256 e. The van der Waals surface area contributed by atoms with Crippen molar-refractivity contribution >= 4 is 17.7 Å². The van der Waals surface area contributed by atoms with E-state index in [1.165, 1.54) is 6.92 Å². The largest absolute Gasteiger partial charge is 0.362 e. The molecule has 124 valence electrons. The molecule has 2 aliphatic rings. The molecule has 7 nitrogen and oxygen atoms in total. The van der Waals surface area contributed by atoms with E-state index in [2.05, 4.69) is 0 Å². The summed E-state index contributed by atoms with van der Waals surface area (Å²) >= 11 is 0. The van der Waals surface area contributed by atoms with Gasteiger partial charge in [-0.3, -0.25) is 14.4 Å². The van der Waals surface area contributed by atoms with E-state index in [0.717, 1.165) is 6.42 Å². The zero-order valence-electron chi connectivity index (χ0n) is 13.6. The Kier molecular flexibility index (Phi) is 5.05. The summed E-state index contributed by atoms with van der Waals surface area (Å²) in [6.07, 6.45) is 0.762. The molecule has 0 aromatic rings. The van der Waals surface area contributed by atoms with Crippen LogP contribution in [-0.2, 0) is 19.1 Å². The summed E-state index contributed by atoms with van der Waals surface area (Å²) in [7, 11) is 0. The van der Waals surface area contributed by atoms with Gasteiger partial charge in [-0.05, 0) is 13.3 Å². The van der Waals surface area contributed by atoms with Gasteiger partial charge >= 0.3 is 0 Å². The van der Waals surface area contributed by atoms with Gasteiger partial charge < -0.3 is 19.4 Å². The van der Waals surface area contributed by atoms with Crippen molar-refractivity contribution < 1.29 is 19.1 Å². The fraction of sp³-hybridized carbons (Fsp3) is 0.800. The number of amides is 3. The number of rotatable bonds is 1. The molecule has 1 atom stereocenters. The highest BCUT2D eigenvalue weighted by molar-refractivity contribution is 5.86. The molecule has 2 rings (SSSR count). The third kappa shape index (κ3) is 3.58. The molecule has 3 amide bonds. The Morgan fingerprint density at radius 2 is 1.45 bits per heavy atom. The summed E-state index contributed by atoms with van der Waals surface area (Å²) in [5.74, 6) is -0.0954. The van der Waals surface area contributed by atoms with Crippen molar-refractivity contribution in [1.82, 2.24) is 14.7 Å². The Morgan fingerprint density at radius 1 is 0.864 bits per heavy atom. The topological polar surface area (TPSA) is 70.2 Å². The summed E-state index contributed by atoms with van der Waals surface area (Å²) < 4.78 is 5.71. The lowest BCUT2D eigenvalue weighted by Gasteiger charge is -2.41. The van der Waals surface area contributed by atoms with Crippen molar-refractivity contribution in [2.75, 3.05) is 45.9 Å². The second-order valence-corrected chi connectivity index (χ2v) is 6.17. The lowest BCUT2D eigenvalue weighted by atomic mass is 10.0. The van der Waals surface area contributed by atoms with E-state index in [1.807, 2.05) is 0 Å². The highest BCUT2D eigenvalue weighted by Crippen LogP contribution is 2.21. The van der Waals surface area contributed by atoms with Crippen LogP contribution in [0.25, 0.3) is 0 Å². The van der Waals surface area contributed by atoms with Crippen molar-refractivity contribution in [2.24, 2.45) is 0 Å². The Bertz CT molecular complexity index is 468. The average Bonchev–Trinajstić information content (AvgIpc) is 2.72. The van der Waals surface area contributed by atoms with Crippen LogP contribution in [0.2, 0.25) is 0 Å². The van der Waals surface area contributed by atoms with Gasteiger partial charge in [-0.25, -0.2) is 0 Å². The fourth-order valence-electron chi connectivity index (χ4n) is 3.04. The third-order valence-electron chi connectivity index (χ3n) is 4.40. The number of hydrogen-bond acceptors (Lipinski definition) is 4. The van der Waals surface area contributed by atoms with Gasteiger partial charge in [-0.2, -0.15) is 0 Å². The van der Waals surface area contributed by atoms with Crippen LogP contribution in [0, 0.1) is 0 Å². The minimum Gasteiger partial charge on any atom is -0.362 e. The number of ether oxygens (including phenoxy) is 1. The maximum Gasteiger partial charge on any atom is 0.256 e. The monoisotopic (exact) mass is 311 g/mol. The number of carbonyl (C=O) groups is 3. The second kappa shape index (κ2) is 6.64. The molecule has 0 radical (unpaired) electrons. The van der Waals surface area contributed by atoms with E-state index in [4.69, 9.17) is 4.74 Å². The van der Waals surface area contributed by atoms with Gasteiger partial charge in [-0.15, -0.1) is 0 Å². The van der Waals surface area contributed by atoms with Gasteiger partial charge in [0.15, 0.2) is 5.60 Å². The van der Waals surface area contributed by atoms with E-state index in [1.54, 1.807) is 28.5 Å². The van der Waals surface area contributed by atoms with E-state index in [-0.39, 0.29) is 24.3 Å². The normalized spacial score (nSPS) is 26.6. The van der Waals surface area contributed by atoms with Crippen molar-refractivity contribution in [3.8, 4) is 0 Å². The lowest BCUT2D eigenvalue weighted by Crippen LogP contribution is -2.60. The van der Waals surface area contributed by atoms with Crippen LogP contribution in [0.15, 0.2) is 0 Å². The predicted octanol–water partition coefficient (Wildman–Crippen LogP) is -0.295. The molecule has 0 spiro atoms. The Balaban J connectivity index is 2.03. The van der Waals surface area contributed by atoms with E-state index in [0.29, 0.717) is 39.3 Å². The Morgan fingerprint density at radius 3 is 2.09 bits per heavy atom. The molecule has 2 fully saturated rings. The summed E-state index contributed by atoms with van der Waals surface area (Å²) in [5, 5.41) is 0. The van der Waals surface area contributed by atoms with Gasteiger partial charge in [0.25, 0.3) is 5.91 Å². The van der Waals surface area contributed by atoms with Crippen molar-refractivity contribution in [2.45, 2.75) is 32.8 Å². The maximum absolute atomic E-state index is 12.8. The van der Waals surface area contributed by atoms with E-state index >= 15 is 0 Å². The molecule has 2 saturated heterocycles. The third-order valence-corrected chi connectivity index (χ3v) is 4.40. The zero-order valence-corrected chi connectivity index (χ0v) is 13.6. The van der Waals surface area contributed by atoms with E-state index in [9.17, 15) is 14.4 Å². The number of morpholine rings is 1. The molecule has 0 aliphatic carbocycles. The van der Waals surface area contributed by atoms with Gasteiger partial charge in [0.2, 0.25) is 11.8 Å². The Hall–Kier alpha value is -1.63. The molecule has 0 aromatic carbocycles. The standard InChI is InChI=1S/C15H25N3O4/c1-12(19)16-5-4-6-17(8-7-16)14(21)15(3)11-18(13(2)20)9-10-22-15/h4-11H2,1-3H3/t15-/m1/s1. The van der Waals surface area contributed by atoms with Gasteiger partial charge in [0.1, 0.15) is 0 Å². The highest BCUT2D eigenvalue weighted by atomic mass is 16.5. The predicted molar refractivity (Wildman–Crippen MR) is 80.1 cm³/mol. The first-order valence-electron chi connectivity index (χ1n) is 7.78. The second-order valence-electron chi connectivity index (χ2n) is 6.17. The zero-order chi connectivity index (χ0) is 16.3. The molecule has 2 aliphatic heterocycles. The van der Waals surface area contributed by atoms with Gasteiger partial charge in [0, 0.05) is 46.6 Å². The first-order chi connectivity index (χ1) is 10.3. The summed E-state index contributed by atoms with van der Waals surface area (Å²) in [6, 6.07) is 0. The fourth-order valence-corrected chi connectivity index (χ4v) is 3.04. The number of carbonyl (C=O) groups excluding carboxylic acids is 3. The maximum atomic E-state index is 12.8. The minimum absolute atomic E-state index is 0.0391. The molecule has 0 unspecified atom stereocenters. The molecule has 7 heteroatoms. The van der Waals surface area contributed by atoms with Crippen molar-refractivity contribution in [1.29, 1.82) is 0 Å². The van der Waals surface area contributed by atoms with Crippen LogP contribution in [0.1, 0.15) is 27.2 Å². The molecule has 0 saturated carbocycles. The van der Waals surface area contributed by atoms with Crippen LogP contribution < -0.4 is 0 Å². The summed E-state index contributed by atoms with van der Waals surface area (Å²) in [6.45, 7) is 8.33.